The number of nitrogens with zero attached hydrogens (tertiary/aromatic N) is 3. The maximum atomic E-state index is 11.9. The molecule has 25 heavy (non-hydrogen) atoms. The van der Waals surface area contributed by atoms with Gasteiger partial charge in [0.2, 0.25) is 5.82 Å². The van der Waals surface area contributed by atoms with Gasteiger partial charge in [-0.15, -0.1) is 0 Å². The molecule has 0 spiro atoms. The van der Waals surface area contributed by atoms with E-state index in [4.69, 9.17) is 9.26 Å². The maximum absolute atomic E-state index is 11.9. The molecule has 1 aromatic carbocycles. The zero-order chi connectivity index (χ0) is 17.6. The van der Waals surface area contributed by atoms with Crippen LogP contribution in [0.25, 0.3) is 11.4 Å². The average Bonchev–Trinajstić information content (AvgIpc) is 3.13. The van der Waals surface area contributed by atoms with Gasteiger partial charge >= 0.3 is 11.8 Å². The number of carbonyl (C=O) groups excluding carboxylic acids is 1. The Labute approximate surface area is 147 Å². The fraction of sp³-hybridized carbons (Fsp3) is 0.500. The van der Waals surface area contributed by atoms with Crippen LogP contribution in [0.3, 0.4) is 0 Å². The molecular formula is C18H24N4O3. The van der Waals surface area contributed by atoms with Crippen molar-refractivity contribution in [1.29, 1.82) is 0 Å². The van der Waals surface area contributed by atoms with Crippen LogP contribution in [-0.2, 0) is 4.74 Å². The molecule has 3 rings (SSSR count). The SMILES string of the molecule is COCCNC(=O)c1nc(-c2ccc(N3CCC(C)CC3)cc2)no1. The molecule has 0 atom stereocenters. The Morgan fingerprint density at radius 1 is 1.32 bits per heavy atom. The summed E-state index contributed by atoms with van der Waals surface area (Å²) in [6, 6.07) is 8.07. The molecule has 2 heterocycles. The second-order valence-electron chi connectivity index (χ2n) is 6.39. The van der Waals surface area contributed by atoms with Gasteiger partial charge in [-0.25, -0.2) is 0 Å². The number of aromatic nitrogens is 2. The number of hydrogen-bond donors (Lipinski definition) is 1. The number of anilines is 1. The summed E-state index contributed by atoms with van der Waals surface area (Å²) in [5.74, 6) is 0.786. The molecule has 2 aromatic rings. The number of nitrogens with one attached hydrogen (secondary N) is 1. The molecule has 1 N–H and O–H groups in total. The lowest BCUT2D eigenvalue weighted by Crippen LogP contribution is -2.32. The van der Waals surface area contributed by atoms with E-state index in [1.165, 1.54) is 18.5 Å². The smallest absolute Gasteiger partial charge is 0.316 e. The number of amides is 1. The average molecular weight is 344 g/mol. The first-order valence-electron chi connectivity index (χ1n) is 8.63. The molecule has 0 bridgehead atoms. The Bertz CT molecular complexity index is 691. The highest BCUT2D eigenvalue weighted by Crippen LogP contribution is 2.25. The lowest BCUT2D eigenvalue weighted by molar-refractivity contribution is 0.0893. The summed E-state index contributed by atoms with van der Waals surface area (Å²) in [6.07, 6.45) is 2.46. The topological polar surface area (TPSA) is 80.5 Å². The highest BCUT2D eigenvalue weighted by Gasteiger charge is 2.18. The van der Waals surface area contributed by atoms with Gasteiger partial charge in [-0.2, -0.15) is 4.98 Å². The van der Waals surface area contributed by atoms with Crippen LogP contribution in [0.4, 0.5) is 5.69 Å². The van der Waals surface area contributed by atoms with Crippen LogP contribution in [0.2, 0.25) is 0 Å². The standard InChI is InChI=1S/C18H24N4O3/c1-13-7-10-22(11-8-13)15-5-3-14(4-6-15)16-20-18(25-21-16)17(23)19-9-12-24-2/h3-6,13H,7-12H2,1-2H3,(H,19,23). The predicted molar refractivity (Wildman–Crippen MR) is 94.6 cm³/mol. The summed E-state index contributed by atoms with van der Waals surface area (Å²) < 4.78 is 9.93. The van der Waals surface area contributed by atoms with Gasteiger partial charge < -0.3 is 19.5 Å². The molecule has 1 fully saturated rings. The fourth-order valence-corrected chi connectivity index (χ4v) is 2.86. The molecule has 1 aliphatic heterocycles. The van der Waals surface area contributed by atoms with E-state index in [1.807, 2.05) is 12.1 Å². The number of benzene rings is 1. The summed E-state index contributed by atoms with van der Waals surface area (Å²) in [5.41, 5.74) is 2.03. The van der Waals surface area contributed by atoms with Crippen molar-refractivity contribution in [2.75, 3.05) is 38.3 Å². The van der Waals surface area contributed by atoms with Gasteiger partial charge in [-0.1, -0.05) is 12.1 Å². The second-order valence-corrected chi connectivity index (χ2v) is 6.39. The highest BCUT2D eigenvalue weighted by atomic mass is 16.5. The minimum Gasteiger partial charge on any atom is -0.383 e. The molecule has 134 valence electrons. The minimum atomic E-state index is -0.394. The summed E-state index contributed by atoms with van der Waals surface area (Å²) in [7, 11) is 1.57. The van der Waals surface area contributed by atoms with Crippen LogP contribution in [0, 0.1) is 5.92 Å². The largest absolute Gasteiger partial charge is 0.383 e. The first-order valence-corrected chi connectivity index (χ1v) is 8.63. The normalized spacial score (nSPS) is 15.4. The molecule has 0 radical (unpaired) electrons. The van der Waals surface area contributed by atoms with E-state index in [0.29, 0.717) is 19.0 Å². The monoisotopic (exact) mass is 344 g/mol. The Kier molecular flexibility index (Phi) is 5.65. The van der Waals surface area contributed by atoms with E-state index < -0.39 is 5.91 Å². The first kappa shape index (κ1) is 17.4. The lowest BCUT2D eigenvalue weighted by atomic mass is 9.98. The molecule has 0 saturated carbocycles. The van der Waals surface area contributed by atoms with Gasteiger partial charge in [0.15, 0.2) is 0 Å². The van der Waals surface area contributed by atoms with E-state index >= 15 is 0 Å². The lowest BCUT2D eigenvalue weighted by Gasteiger charge is -2.32. The third kappa shape index (κ3) is 4.36. The second kappa shape index (κ2) is 8.11. The van der Waals surface area contributed by atoms with Gasteiger partial charge in [0, 0.05) is 38.0 Å². The molecule has 1 saturated heterocycles. The Morgan fingerprint density at radius 2 is 2.04 bits per heavy atom. The van der Waals surface area contributed by atoms with E-state index in [0.717, 1.165) is 24.6 Å². The molecule has 0 aliphatic carbocycles. The Hall–Kier alpha value is -2.41. The van der Waals surface area contributed by atoms with Crippen molar-refractivity contribution in [3.63, 3.8) is 0 Å². The number of methoxy groups -OCH3 is 1. The number of carbonyl (C=O) groups is 1. The summed E-state index contributed by atoms with van der Waals surface area (Å²) in [4.78, 5) is 18.4. The molecule has 1 amide bonds. The zero-order valence-electron chi connectivity index (χ0n) is 14.7. The van der Waals surface area contributed by atoms with Gasteiger partial charge in [0.1, 0.15) is 0 Å². The third-order valence-electron chi connectivity index (χ3n) is 4.49. The summed E-state index contributed by atoms with van der Waals surface area (Å²) in [6.45, 7) is 5.32. The highest BCUT2D eigenvalue weighted by molar-refractivity contribution is 5.89. The first-order chi connectivity index (χ1) is 12.2. The molecule has 0 unspecified atom stereocenters. The van der Waals surface area contributed by atoms with Crippen LogP contribution < -0.4 is 10.2 Å². The van der Waals surface area contributed by atoms with Gasteiger partial charge in [0.25, 0.3) is 0 Å². The van der Waals surface area contributed by atoms with Crippen LogP contribution in [0.15, 0.2) is 28.8 Å². The van der Waals surface area contributed by atoms with Gasteiger partial charge in [-0.05, 0) is 43.0 Å². The van der Waals surface area contributed by atoms with Gasteiger partial charge in [0.05, 0.1) is 6.61 Å². The minimum absolute atomic E-state index is 0.0415. The van der Waals surface area contributed by atoms with Crippen molar-refractivity contribution >= 4 is 11.6 Å². The van der Waals surface area contributed by atoms with Gasteiger partial charge in [-0.3, -0.25) is 4.79 Å². The fourth-order valence-electron chi connectivity index (χ4n) is 2.86. The van der Waals surface area contributed by atoms with Crippen LogP contribution >= 0.6 is 0 Å². The van der Waals surface area contributed by atoms with E-state index in [2.05, 4.69) is 39.4 Å². The molecule has 7 nitrogen and oxygen atoms in total. The molecule has 1 aliphatic rings. The number of rotatable bonds is 6. The summed E-state index contributed by atoms with van der Waals surface area (Å²) in [5, 5.41) is 6.55. The van der Waals surface area contributed by atoms with E-state index in [9.17, 15) is 4.79 Å². The van der Waals surface area contributed by atoms with E-state index in [-0.39, 0.29) is 5.89 Å². The Morgan fingerprint density at radius 3 is 2.72 bits per heavy atom. The van der Waals surface area contributed by atoms with Crippen molar-refractivity contribution in [2.24, 2.45) is 5.92 Å². The Balaban J connectivity index is 1.63. The zero-order valence-corrected chi connectivity index (χ0v) is 14.7. The molecular weight excluding hydrogens is 320 g/mol. The number of ether oxygens (including phenoxy) is 1. The number of hydrogen-bond acceptors (Lipinski definition) is 6. The van der Waals surface area contributed by atoms with Crippen molar-refractivity contribution in [2.45, 2.75) is 19.8 Å². The van der Waals surface area contributed by atoms with Crippen molar-refractivity contribution in [3.8, 4) is 11.4 Å². The molecule has 1 aromatic heterocycles. The van der Waals surface area contributed by atoms with E-state index in [1.54, 1.807) is 7.11 Å². The van der Waals surface area contributed by atoms with Crippen LogP contribution in [0.1, 0.15) is 30.5 Å². The van der Waals surface area contributed by atoms with Crippen LogP contribution in [-0.4, -0.2) is 49.4 Å². The van der Waals surface area contributed by atoms with Crippen molar-refractivity contribution < 1.29 is 14.1 Å². The summed E-state index contributed by atoms with van der Waals surface area (Å²) >= 11 is 0. The third-order valence-corrected chi connectivity index (χ3v) is 4.49. The van der Waals surface area contributed by atoms with Crippen molar-refractivity contribution in [3.05, 3.63) is 30.2 Å². The van der Waals surface area contributed by atoms with Crippen LogP contribution in [0.5, 0.6) is 0 Å². The maximum Gasteiger partial charge on any atom is 0.316 e. The van der Waals surface area contributed by atoms with Crippen molar-refractivity contribution in [1.82, 2.24) is 15.5 Å². The number of piperidine rings is 1. The predicted octanol–water partition coefficient (Wildman–Crippen LogP) is 2.35. The quantitative estimate of drug-likeness (QED) is 0.810. The molecule has 7 heteroatoms.